The molecule has 1 saturated heterocycles. The zero-order chi connectivity index (χ0) is 16.8. The van der Waals surface area contributed by atoms with Crippen LogP contribution in [0.3, 0.4) is 0 Å². The van der Waals surface area contributed by atoms with Crippen LogP contribution in [0.2, 0.25) is 0 Å². The van der Waals surface area contributed by atoms with E-state index in [9.17, 15) is 18.0 Å². The number of sulfonamides is 1. The monoisotopic (exact) mass is 333 g/mol. The number of nitrogens with zero attached hydrogens (tertiary/aromatic N) is 2. The van der Waals surface area contributed by atoms with E-state index >= 15 is 0 Å². The first-order valence-corrected chi connectivity index (χ1v) is 9.49. The normalized spacial score (nSPS) is 17.2. The van der Waals surface area contributed by atoms with E-state index in [1.807, 2.05) is 13.8 Å². The number of nitrogens with one attached hydrogen (secondary N) is 1. The van der Waals surface area contributed by atoms with Gasteiger partial charge < -0.3 is 10.2 Å². The first-order chi connectivity index (χ1) is 10.4. The van der Waals surface area contributed by atoms with Crippen LogP contribution in [0, 0.1) is 5.92 Å². The van der Waals surface area contributed by atoms with E-state index in [1.54, 1.807) is 11.8 Å². The third kappa shape index (κ3) is 4.95. The van der Waals surface area contributed by atoms with E-state index < -0.39 is 10.0 Å². The predicted molar refractivity (Wildman–Crippen MR) is 84.7 cm³/mol. The quantitative estimate of drug-likeness (QED) is 0.712. The smallest absolute Gasteiger partial charge is 0.241 e. The first-order valence-electron chi connectivity index (χ1n) is 7.88. The summed E-state index contributed by atoms with van der Waals surface area (Å²) in [7, 11) is -3.17. The third-order valence-corrected chi connectivity index (χ3v) is 5.99. The summed E-state index contributed by atoms with van der Waals surface area (Å²) in [5.41, 5.74) is 0. The number of carbonyl (C=O) groups excluding carboxylic acids is 2. The second kappa shape index (κ2) is 8.47. The summed E-state index contributed by atoms with van der Waals surface area (Å²) >= 11 is 0. The number of carbonyl (C=O) groups is 2. The number of hydrogen-bond acceptors (Lipinski definition) is 4. The molecular weight excluding hydrogens is 306 g/mol. The lowest BCUT2D eigenvalue weighted by atomic mass is 9.97. The highest BCUT2D eigenvalue weighted by atomic mass is 32.2. The van der Waals surface area contributed by atoms with Crippen LogP contribution >= 0.6 is 0 Å². The fourth-order valence-corrected chi connectivity index (χ4v) is 3.71. The highest BCUT2D eigenvalue weighted by Crippen LogP contribution is 2.19. The van der Waals surface area contributed by atoms with Crippen LogP contribution < -0.4 is 5.32 Å². The van der Waals surface area contributed by atoms with Crippen molar-refractivity contribution in [2.75, 3.05) is 38.5 Å². The Kier molecular flexibility index (Phi) is 7.28. The molecule has 0 aromatic heterocycles. The van der Waals surface area contributed by atoms with Crippen LogP contribution in [0.1, 0.15) is 33.6 Å². The van der Waals surface area contributed by atoms with Crippen molar-refractivity contribution in [2.45, 2.75) is 33.6 Å². The van der Waals surface area contributed by atoms with Crippen LogP contribution in [0.15, 0.2) is 0 Å². The van der Waals surface area contributed by atoms with Gasteiger partial charge in [-0.05, 0) is 33.6 Å². The summed E-state index contributed by atoms with van der Waals surface area (Å²) in [6.45, 7) is 7.41. The molecule has 1 aliphatic heterocycles. The Labute approximate surface area is 133 Å². The summed E-state index contributed by atoms with van der Waals surface area (Å²) in [5, 5.41) is 2.67. The number of hydrogen-bond donors (Lipinski definition) is 1. The highest BCUT2D eigenvalue weighted by molar-refractivity contribution is 7.89. The van der Waals surface area contributed by atoms with Crippen molar-refractivity contribution in [3.63, 3.8) is 0 Å². The van der Waals surface area contributed by atoms with Crippen molar-refractivity contribution in [3.05, 3.63) is 0 Å². The SMILES string of the molecule is CCN(CC)C(=O)CNC(=O)C1CCN(S(=O)(=O)CC)CC1. The van der Waals surface area contributed by atoms with Crippen molar-refractivity contribution < 1.29 is 18.0 Å². The Morgan fingerprint density at radius 3 is 2.14 bits per heavy atom. The van der Waals surface area contributed by atoms with Crippen molar-refractivity contribution in [1.82, 2.24) is 14.5 Å². The minimum atomic E-state index is -3.17. The molecule has 1 N–H and O–H groups in total. The lowest BCUT2D eigenvalue weighted by Crippen LogP contribution is -2.46. The molecule has 8 heteroatoms. The molecule has 0 aliphatic carbocycles. The van der Waals surface area contributed by atoms with Crippen molar-refractivity contribution in [3.8, 4) is 0 Å². The molecule has 0 saturated carbocycles. The van der Waals surface area contributed by atoms with Gasteiger partial charge >= 0.3 is 0 Å². The fraction of sp³-hybridized carbons (Fsp3) is 0.857. The Balaban J connectivity index is 2.42. The maximum absolute atomic E-state index is 12.1. The highest BCUT2D eigenvalue weighted by Gasteiger charge is 2.30. The molecular formula is C14H27N3O4S. The molecule has 0 aromatic carbocycles. The van der Waals surface area contributed by atoms with Crippen LogP contribution in [0.4, 0.5) is 0 Å². The van der Waals surface area contributed by atoms with Gasteiger partial charge in [0.2, 0.25) is 21.8 Å². The van der Waals surface area contributed by atoms with Crippen LogP contribution in [0.5, 0.6) is 0 Å². The molecule has 0 spiro atoms. The minimum absolute atomic E-state index is 0.00792. The molecule has 0 radical (unpaired) electrons. The molecule has 0 aromatic rings. The van der Waals surface area contributed by atoms with E-state index in [2.05, 4.69) is 5.32 Å². The molecule has 22 heavy (non-hydrogen) atoms. The van der Waals surface area contributed by atoms with Crippen molar-refractivity contribution in [2.24, 2.45) is 5.92 Å². The number of amides is 2. The lowest BCUT2D eigenvalue weighted by molar-refractivity contribution is -0.134. The molecule has 7 nitrogen and oxygen atoms in total. The second-order valence-electron chi connectivity index (χ2n) is 5.36. The van der Waals surface area contributed by atoms with Gasteiger partial charge in [-0.25, -0.2) is 12.7 Å². The molecule has 0 unspecified atom stereocenters. The van der Waals surface area contributed by atoms with Gasteiger partial charge in [0.15, 0.2) is 0 Å². The van der Waals surface area contributed by atoms with Gasteiger partial charge in [0, 0.05) is 32.1 Å². The van der Waals surface area contributed by atoms with Gasteiger partial charge in [0.25, 0.3) is 0 Å². The van der Waals surface area contributed by atoms with Gasteiger partial charge in [-0.1, -0.05) is 0 Å². The summed E-state index contributed by atoms with van der Waals surface area (Å²) in [4.78, 5) is 25.6. The fourth-order valence-electron chi connectivity index (χ4n) is 2.57. The average molecular weight is 333 g/mol. The molecule has 128 valence electrons. The molecule has 1 aliphatic rings. The Morgan fingerprint density at radius 2 is 1.68 bits per heavy atom. The molecule has 0 atom stereocenters. The number of piperidine rings is 1. The zero-order valence-electron chi connectivity index (χ0n) is 13.7. The largest absolute Gasteiger partial charge is 0.347 e. The third-order valence-electron chi connectivity index (χ3n) is 4.11. The second-order valence-corrected chi connectivity index (χ2v) is 7.62. The number of rotatable bonds is 7. The molecule has 1 fully saturated rings. The van der Waals surface area contributed by atoms with Crippen molar-refractivity contribution in [1.29, 1.82) is 0 Å². The van der Waals surface area contributed by atoms with Gasteiger partial charge in [0.1, 0.15) is 0 Å². The maximum Gasteiger partial charge on any atom is 0.241 e. The summed E-state index contributed by atoms with van der Waals surface area (Å²) < 4.78 is 25.0. The Morgan fingerprint density at radius 1 is 1.14 bits per heavy atom. The van der Waals surface area contributed by atoms with Gasteiger partial charge in [0.05, 0.1) is 12.3 Å². The van der Waals surface area contributed by atoms with Crippen molar-refractivity contribution >= 4 is 21.8 Å². The van der Waals surface area contributed by atoms with Crippen LogP contribution in [-0.4, -0.2) is 67.9 Å². The lowest BCUT2D eigenvalue weighted by Gasteiger charge is -2.30. The topological polar surface area (TPSA) is 86.8 Å². The molecule has 2 amide bonds. The summed E-state index contributed by atoms with van der Waals surface area (Å²) in [5.74, 6) is -0.381. The van der Waals surface area contributed by atoms with E-state index in [4.69, 9.17) is 0 Å². The van der Waals surface area contributed by atoms with E-state index in [-0.39, 0.29) is 30.0 Å². The van der Waals surface area contributed by atoms with Gasteiger partial charge in [-0.2, -0.15) is 0 Å². The molecule has 1 heterocycles. The van der Waals surface area contributed by atoms with E-state index in [0.717, 1.165) is 0 Å². The Hall–Kier alpha value is -1.15. The zero-order valence-corrected chi connectivity index (χ0v) is 14.5. The molecule has 0 bridgehead atoms. The van der Waals surface area contributed by atoms with E-state index in [0.29, 0.717) is 39.0 Å². The van der Waals surface area contributed by atoms with Gasteiger partial charge in [-0.3, -0.25) is 9.59 Å². The summed E-state index contributed by atoms with van der Waals surface area (Å²) in [6, 6.07) is 0. The van der Waals surface area contributed by atoms with Crippen LogP contribution in [-0.2, 0) is 19.6 Å². The minimum Gasteiger partial charge on any atom is -0.347 e. The summed E-state index contributed by atoms with van der Waals surface area (Å²) in [6.07, 6.45) is 1.01. The maximum atomic E-state index is 12.1. The Bertz CT molecular complexity index is 480. The van der Waals surface area contributed by atoms with Gasteiger partial charge in [-0.15, -0.1) is 0 Å². The van der Waals surface area contributed by atoms with E-state index in [1.165, 1.54) is 4.31 Å². The molecule has 1 rings (SSSR count). The first kappa shape index (κ1) is 18.9. The predicted octanol–water partition coefficient (Wildman–Crippen LogP) is 0.0327. The standard InChI is InChI=1S/C14H27N3O4S/c1-4-16(5-2)13(18)11-15-14(19)12-7-9-17(10-8-12)22(20,21)6-3/h12H,4-11H2,1-3H3,(H,15,19). The number of likely N-dealkylation sites (N-methyl/N-ethyl adjacent to an activating group) is 1. The average Bonchev–Trinajstić information content (AvgIpc) is 2.53. The van der Waals surface area contributed by atoms with Crippen LogP contribution in [0.25, 0.3) is 0 Å².